The van der Waals surface area contributed by atoms with E-state index >= 15 is 0 Å². The lowest BCUT2D eigenvalue weighted by molar-refractivity contribution is -0.105. The zero-order chi connectivity index (χ0) is 14.8. The molecule has 0 saturated carbocycles. The summed E-state index contributed by atoms with van der Waals surface area (Å²) in [5.41, 5.74) is 1.39. The molecule has 0 saturated heterocycles. The molecular formula is C15H16N2O3. The molecule has 5 heteroatoms. The highest BCUT2D eigenvalue weighted by Gasteiger charge is 1.97. The average molecular weight is 272 g/mol. The van der Waals surface area contributed by atoms with Crippen molar-refractivity contribution >= 4 is 18.2 Å². The molecule has 2 rings (SSSR count). The smallest absolute Gasteiger partial charge is 0.335 e. The van der Waals surface area contributed by atoms with Gasteiger partial charge in [0.2, 0.25) is 6.41 Å². The second-order valence-electron chi connectivity index (χ2n) is 3.80. The highest BCUT2D eigenvalue weighted by molar-refractivity contribution is 5.87. The molecule has 0 atom stereocenters. The van der Waals surface area contributed by atoms with Crippen LogP contribution >= 0.6 is 0 Å². The Morgan fingerprint density at radius 2 is 1.95 bits per heavy atom. The van der Waals surface area contributed by atoms with Crippen LogP contribution in [-0.4, -0.2) is 22.5 Å². The van der Waals surface area contributed by atoms with Gasteiger partial charge in [-0.05, 0) is 30.2 Å². The maximum atomic E-state index is 10.2. The van der Waals surface area contributed by atoms with E-state index < -0.39 is 5.97 Å². The Bertz CT molecular complexity index is 556. The fraction of sp³-hybridized carbons (Fsp3) is 0.133. The summed E-state index contributed by atoms with van der Waals surface area (Å²) in [6.07, 6.45) is 3.18. The van der Waals surface area contributed by atoms with Crippen LogP contribution in [0.4, 0.5) is 5.82 Å². The van der Waals surface area contributed by atoms with Gasteiger partial charge in [0.1, 0.15) is 5.82 Å². The maximum absolute atomic E-state index is 10.2. The highest BCUT2D eigenvalue weighted by Crippen LogP contribution is 2.09. The van der Waals surface area contributed by atoms with E-state index in [1.165, 1.54) is 0 Å². The van der Waals surface area contributed by atoms with Gasteiger partial charge in [0.15, 0.2) is 0 Å². The first-order valence-corrected chi connectivity index (χ1v) is 6.11. The fourth-order valence-electron chi connectivity index (χ4n) is 1.49. The lowest BCUT2D eigenvalue weighted by Crippen LogP contribution is -2.00. The van der Waals surface area contributed by atoms with Crippen molar-refractivity contribution in [2.75, 3.05) is 5.32 Å². The number of benzene rings is 1. The number of nitrogens with zero attached hydrogens (tertiary/aromatic N) is 1. The van der Waals surface area contributed by atoms with Gasteiger partial charge < -0.3 is 10.4 Å². The number of carboxylic acids is 1. The molecule has 5 nitrogen and oxygen atoms in total. The predicted octanol–water partition coefficient (Wildman–Crippen LogP) is 2.60. The number of anilines is 1. The average Bonchev–Trinajstić information content (AvgIpc) is 2.50. The second-order valence-corrected chi connectivity index (χ2v) is 3.80. The summed E-state index contributed by atoms with van der Waals surface area (Å²) < 4.78 is 0. The molecule has 0 unspecified atom stereocenters. The summed E-state index contributed by atoms with van der Waals surface area (Å²) in [6, 6.07) is 12.1. The van der Waals surface area contributed by atoms with Gasteiger partial charge in [0.05, 0.1) is 5.56 Å². The molecule has 0 bridgehead atoms. The molecule has 2 aromatic rings. The molecule has 0 fully saturated rings. The van der Waals surface area contributed by atoms with Crippen LogP contribution in [-0.2, 0) is 11.2 Å². The zero-order valence-corrected chi connectivity index (χ0v) is 11.1. The Balaban J connectivity index is 0.000000204. The molecule has 1 aromatic carbocycles. The number of aromatic nitrogens is 1. The van der Waals surface area contributed by atoms with Gasteiger partial charge >= 0.3 is 5.97 Å². The van der Waals surface area contributed by atoms with E-state index in [1.807, 2.05) is 19.1 Å². The fourth-order valence-corrected chi connectivity index (χ4v) is 1.49. The number of hydrogen-bond donors (Lipinski definition) is 2. The van der Waals surface area contributed by atoms with E-state index in [9.17, 15) is 9.59 Å². The molecule has 2 N–H and O–H groups in total. The molecule has 20 heavy (non-hydrogen) atoms. The number of aryl methyl sites for hydroxylation is 1. The third kappa shape index (κ3) is 4.89. The van der Waals surface area contributed by atoms with E-state index in [-0.39, 0.29) is 0 Å². The van der Waals surface area contributed by atoms with Gasteiger partial charge in [-0.2, -0.15) is 0 Å². The Morgan fingerprint density at radius 1 is 1.25 bits per heavy atom. The largest absolute Gasteiger partial charge is 0.478 e. The van der Waals surface area contributed by atoms with Gasteiger partial charge in [-0.25, -0.2) is 9.78 Å². The Kier molecular flexibility index (Phi) is 6.47. The van der Waals surface area contributed by atoms with E-state index in [2.05, 4.69) is 10.3 Å². The van der Waals surface area contributed by atoms with Crippen LogP contribution in [0.5, 0.6) is 0 Å². The van der Waals surface area contributed by atoms with Crippen LogP contribution in [0.25, 0.3) is 0 Å². The third-order valence-electron chi connectivity index (χ3n) is 2.49. The lowest BCUT2D eigenvalue weighted by Gasteiger charge is -2.02. The number of pyridine rings is 1. The molecule has 0 radical (unpaired) electrons. The number of aromatic carboxylic acids is 1. The first-order valence-electron chi connectivity index (χ1n) is 6.11. The molecule has 0 spiro atoms. The number of carboxylic acid groups (broad SMARTS) is 1. The monoisotopic (exact) mass is 272 g/mol. The van der Waals surface area contributed by atoms with Crippen LogP contribution in [0.2, 0.25) is 0 Å². The highest BCUT2D eigenvalue weighted by atomic mass is 16.4. The standard InChI is InChI=1S/C8H10N2O.C7H6O2/c1-2-7-4-3-5-9-8(7)10-6-11;8-7(9)6-4-2-1-3-5-6/h3-6H,2H2,1H3,(H,9,10,11);1-5H,(H,8,9). The number of rotatable bonds is 4. The molecule has 1 heterocycles. The summed E-state index contributed by atoms with van der Waals surface area (Å²) in [5, 5.41) is 10.9. The topological polar surface area (TPSA) is 79.3 Å². The van der Waals surface area contributed by atoms with Crippen LogP contribution < -0.4 is 5.32 Å². The predicted molar refractivity (Wildman–Crippen MR) is 76.7 cm³/mol. The Labute approximate surface area is 117 Å². The molecule has 1 aromatic heterocycles. The second kappa shape index (κ2) is 8.42. The van der Waals surface area contributed by atoms with Gasteiger partial charge in [-0.3, -0.25) is 4.79 Å². The van der Waals surface area contributed by atoms with Gasteiger partial charge in [-0.15, -0.1) is 0 Å². The number of hydrogen-bond acceptors (Lipinski definition) is 3. The van der Waals surface area contributed by atoms with Crippen molar-refractivity contribution in [3.05, 3.63) is 59.8 Å². The third-order valence-corrected chi connectivity index (χ3v) is 2.49. The molecule has 0 aliphatic heterocycles. The minimum Gasteiger partial charge on any atom is -0.478 e. The van der Waals surface area contributed by atoms with E-state index in [0.29, 0.717) is 17.8 Å². The lowest BCUT2D eigenvalue weighted by atomic mass is 10.2. The summed E-state index contributed by atoms with van der Waals surface area (Å²) in [4.78, 5) is 24.3. The minimum absolute atomic E-state index is 0.331. The molecule has 0 aliphatic carbocycles. The van der Waals surface area contributed by atoms with Crippen molar-refractivity contribution in [3.8, 4) is 0 Å². The Hall–Kier alpha value is -2.69. The number of carbonyl (C=O) groups is 2. The van der Waals surface area contributed by atoms with Gasteiger partial charge in [0, 0.05) is 6.20 Å². The zero-order valence-electron chi connectivity index (χ0n) is 11.1. The van der Waals surface area contributed by atoms with Crippen molar-refractivity contribution < 1.29 is 14.7 Å². The quantitative estimate of drug-likeness (QED) is 0.838. The van der Waals surface area contributed by atoms with Crippen LogP contribution in [0.1, 0.15) is 22.8 Å². The van der Waals surface area contributed by atoms with Crippen molar-refractivity contribution in [2.24, 2.45) is 0 Å². The molecular weight excluding hydrogens is 256 g/mol. The van der Waals surface area contributed by atoms with Crippen molar-refractivity contribution in [2.45, 2.75) is 13.3 Å². The molecule has 0 aliphatic rings. The van der Waals surface area contributed by atoms with Crippen molar-refractivity contribution in [3.63, 3.8) is 0 Å². The number of carbonyl (C=O) groups excluding carboxylic acids is 1. The molecule has 104 valence electrons. The summed E-state index contributed by atoms with van der Waals surface area (Å²) in [6.45, 7) is 2.02. The van der Waals surface area contributed by atoms with Crippen LogP contribution in [0, 0.1) is 0 Å². The first-order chi connectivity index (χ1) is 9.69. The van der Waals surface area contributed by atoms with E-state index in [0.717, 1.165) is 12.0 Å². The van der Waals surface area contributed by atoms with Crippen molar-refractivity contribution in [1.29, 1.82) is 0 Å². The van der Waals surface area contributed by atoms with Gasteiger partial charge in [-0.1, -0.05) is 31.2 Å². The van der Waals surface area contributed by atoms with Crippen LogP contribution in [0.3, 0.4) is 0 Å². The van der Waals surface area contributed by atoms with E-state index in [4.69, 9.17) is 5.11 Å². The Morgan fingerprint density at radius 3 is 2.45 bits per heavy atom. The van der Waals surface area contributed by atoms with Crippen LogP contribution in [0.15, 0.2) is 48.7 Å². The first kappa shape index (κ1) is 15.4. The number of nitrogens with one attached hydrogen (secondary N) is 1. The minimum atomic E-state index is -0.879. The maximum Gasteiger partial charge on any atom is 0.335 e. The number of amides is 1. The summed E-state index contributed by atoms with van der Waals surface area (Å²) >= 11 is 0. The summed E-state index contributed by atoms with van der Waals surface area (Å²) in [5.74, 6) is -0.222. The normalized spacial score (nSPS) is 9.05. The summed E-state index contributed by atoms with van der Waals surface area (Å²) in [7, 11) is 0. The van der Waals surface area contributed by atoms with Crippen molar-refractivity contribution in [1.82, 2.24) is 4.98 Å². The molecule has 1 amide bonds. The van der Waals surface area contributed by atoms with Gasteiger partial charge in [0.25, 0.3) is 0 Å². The SMILES string of the molecule is CCc1cccnc1NC=O.O=C(O)c1ccccc1. The van der Waals surface area contributed by atoms with E-state index in [1.54, 1.807) is 36.5 Å².